The molecule has 0 saturated heterocycles. The van der Waals surface area contributed by atoms with E-state index >= 15 is 0 Å². The van der Waals surface area contributed by atoms with Crippen molar-refractivity contribution in [2.45, 2.75) is 37.7 Å². The summed E-state index contributed by atoms with van der Waals surface area (Å²) in [6.07, 6.45) is 2.69. The summed E-state index contributed by atoms with van der Waals surface area (Å²) < 4.78 is 7.59. The van der Waals surface area contributed by atoms with Gasteiger partial charge in [0, 0.05) is 23.2 Å². The first-order chi connectivity index (χ1) is 13.7. The van der Waals surface area contributed by atoms with Gasteiger partial charge in [-0.2, -0.15) is 0 Å². The van der Waals surface area contributed by atoms with Gasteiger partial charge in [0.2, 0.25) is 0 Å². The van der Waals surface area contributed by atoms with Crippen LogP contribution >= 0.6 is 34.7 Å². The summed E-state index contributed by atoms with van der Waals surface area (Å²) in [6, 6.07) is 9.73. The second-order valence-electron chi connectivity index (χ2n) is 6.26. The van der Waals surface area contributed by atoms with Crippen molar-refractivity contribution >= 4 is 34.7 Å². The van der Waals surface area contributed by atoms with Crippen LogP contribution in [0.5, 0.6) is 0 Å². The predicted octanol–water partition coefficient (Wildman–Crippen LogP) is 6.33. The molecule has 8 heteroatoms. The molecule has 0 N–H and O–H groups in total. The number of benzene rings is 1. The number of halogens is 1. The van der Waals surface area contributed by atoms with Gasteiger partial charge in [-0.15, -0.1) is 21.5 Å². The number of furan rings is 1. The zero-order valence-electron chi connectivity index (χ0n) is 15.6. The van der Waals surface area contributed by atoms with Crippen molar-refractivity contribution in [3.63, 3.8) is 0 Å². The molecule has 0 bridgehead atoms. The first-order valence-electron chi connectivity index (χ1n) is 8.97. The van der Waals surface area contributed by atoms with E-state index in [2.05, 4.69) is 27.1 Å². The summed E-state index contributed by atoms with van der Waals surface area (Å²) >= 11 is 9.55. The van der Waals surface area contributed by atoms with E-state index in [9.17, 15) is 0 Å². The van der Waals surface area contributed by atoms with Crippen LogP contribution in [0.25, 0.3) is 22.0 Å². The Bertz CT molecular complexity index is 1090. The maximum absolute atomic E-state index is 6.29. The van der Waals surface area contributed by atoms with Crippen LogP contribution in [0, 0.1) is 6.92 Å². The highest BCUT2D eigenvalue weighted by Crippen LogP contribution is 2.33. The molecule has 144 valence electrons. The van der Waals surface area contributed by atoms with Gasteiger partial charge in [0.05, 0.1) is 22.5 Å². The van der Waals surface area contributed by atoms with Crippen LogP contribution in [0.15, 0.2) is 51.5 Å². The molecule has 0 atom stereocenters. The largest absolute Gasteiger partial charge is 0.469 e. The van der Waals surface area contributed by atoms with Gasteiger partial charge in [0.1, 0.15) is 10.8 Å². The van der Waals surface area contributed by atoms with Crippen molar-refractivity contribution < 1.29 is 4.42 Å². The molecule has 0 aliphatic carbocycles. The fraction of sp³-hybridized carbons (Fsp3) is 0.250. The molecule has 4 rings (SSSR count). The van der Waals surface area contributed by atoms with Crippen LogP contribution in [0.4, 0.5) is 0 Å². The van der Waals surface area contributed by atoms with Gasteiger partial charge < -0.3 is 8.98 Å². The van der Waals surface area contributed by atoms with Crippen LogP contribution in [0.3, 0.4) is 0 Å². The van der Waals surface area contributed by atoms with Crippen molar-refractivity contribution in [3.8, 4) is 22.0 Å². The van der Waals surface area contributed by atoms with E-state index in [-0.39, 0.29) is 0 Å². The number of thioether (sulfide) groups is 1. The van der Waals surface area contributed by atoms with Crippen molar-refractivity contribution in [3.05, 3.63) is 58.5 Å². The van der Waals surface area contributed by atoms with E-state index in [1.807, 2.05) is 37.3 Å². The summed E-state index contributed by atoms with van der Waals surface area (Å²) in [5.74, 6) is 2.43. The van der Waals surface area contributed by atoms with Crippen LogP contribution < -0.4 is 0 Å². The molecular weight excluding hydrogens is 412 g/mol. The number of nitrogens with zero attached hydrogens (tertiary/aromatic N) is 4. The lowest BCUT2D eigenvalue weighted by Gasteiger charge is -2.07. The highest BCUT2D eigenvalue weighted by Gasteiger charge is 2.17. The lowest BCUT2D eigenvalue weighted by molar-refractivity contribution is 0.534. The fourth-order valence-electron chi connectivity index (χ4n) is 2.91. The Morgan fingerprint density at radius 1 is 1.18 bits per heavy atom. The van der Waals surface area contributed by atoms with Crippen LogP contribution in [-0.4, -0.2) is 19.7 Å². The maximum Gasteiger partial charge on any atom is 0.191 e. The Labute approximate surface area is 176 Å². The van der Waals surface area contributed by atoms with Crippen molar-refractivity contribution in [2.24, 2.45) is 0 Å². The first-order valence-corrected chi connectivity index (χ1v) is 11.2. The molecule has 0 radical (unpaired) electrons. The zero-order valence-corrected chi connectivity index (χ0v) is 17.9. The van der Waals surface area contributed by atoms with Gasteiger partial charge in [0.15, 0.2) is 11.0 Å². The Morgan fingerprint density at radius 2 is 2.04 bits per heavy atom. The van der Waals surface area contributed by atoms with E-state index in [1.165, 1.54) is 0 Å². The third-order valence-corrected chi connectivity index (χ3v) is 6.52. The Hall–Kier alpha value is -2.09. The van der Waals surface area contributed by atoms with Crippen molar-refractivity contribution in [2.75, 3.05) is 0 Å². The molecule has 4 aromatic rings. The number of aryl methyl sites for hydroxylation is 1. The summed E-state index contributed by atoms with van der Waals surface area (Å²) in [5, 5.41) is 13.5. The number of aromatic nitrogens is 4. The van der Waals surface area contributed by atoms with Crippen molar-refractivity contribution in [1.82, 2.24) is 19.7 Å². The highest BCUT2D eigenvalue weighted by molar-refractivity contribution is 7.98. The molecule has 3 heterocycles. The minimum atomic E-state index is 0.721. The first kappa shape index (κ1) is 19.2. The monoisotopic (exact) mass is 430 g/mol. The summed E-state index contributed by atoms with van der Waals surface area (Å²) in [6.45, 7) is 4.95. The van der Waals surface area contributed by atoms with Gasteiger partial charge in [-0.05, 0) is 25.5 Å². The third-order valence-electron chi connectivity index (χ3n) is 4.27. The number of thiazole rings is 1. The SMILES string of the molecule is CCCn1c(SCc2csc(-c3ccccc3Cl)n2)nnc1-c1ccoc1C. The highest BCUT2D eigenvalue weighted by atomic mass is 35.5. The van der Waals surface area contributed by atoms with E-state index in [0.29, 0.717) is 0 Å². The molecule has 0 saturated carbocycles. The van der Waals surface area contributed by atoms with E-state index in [4.69, 9.17) is 21.0 Å². The topological polar surface area (TPSA) is 56.7 Å². The van der Waals surface area contributed by atoms with Crippen LogP contribution in [-0.2, 0) is 12.3 Å². The summed E-state index contributed by atoms with van der Waals surface area (Å²) in [5.41, 5.74) is 2.97. The molecule has 0 spiro atoms. The van der Waals surface area contributed by atoms with Gasteiger partial charge in [0.25, 0.3) is 0 Å². The second-order valence-corrected chi connectivity index (χ2v) is 8.47. The molecule has 0 unspecified atom stereocenters. The summed E-state index contributed by atoms with van der Waals surface area (Å²) in [7, 11) is 0. The molecule has 3 aromatic heterocycles. The lowest BCUT2D eigenvalue weighted by atomic mass is 10.2. The smallest absolute Gasteiger partial charge is 0.191 e. The Kier molecular flexibility index (Phi) is 5.85. The van der Waals surface area contributed by atoms with Crippen LogP contribution in [0.2, 0.25) is 5.02 Å². The Morgan fingerprint density at radius 3 is 2.79 bits per heavy atom. The van der Waals surface area contributed by atoms with Gasteiger partial charge in [-0.25, -0.2) is 4.98 Å². The molecule has 0 aliphatic rings. The van der Waals surface area contributed by atoms with E-state index < -0.39 is 0 Å². The average molecular weight is 431 g/mol. The molecular formula is C20H19ClN4OS2. The minimum Gasteiger partial charge on any atom is -0.469 e. The quantitative estimate of drug-likeness (QED) is 0.321. The number of hydrogen-bond donors (Lipinski definition) is 0. The van der Waals surface area contributed by atoms with Gasteiger partial charge in [-0.3, -0.25) is 0 Å². The lowest BCUT2D eigenvalue weighted by Crippen LogP contribution is -2.02. The Balaban J connectivity index is 1.54. The average Bonchev–Trinajstić information content (AvgIpc) is 3.41. The molecule has 0 aliphatic heterocycles. The number of rotatable bonds is 7. The van der Waals surface area contributed by atoms with Gasteiger partial charge >= 0.3 is 0 Å². The van der Waals surface area contributed by atoms with E-state index in [1.54, 1.807) is 29.4 Å². The van der Waals surface area contributed by atoms with Gasteiger partial charge in [-0.1, -0.05) is 48.5 Å². The predicted molar refractivity (Wildman–Crippen MR) is 115 cm³/mol. The van der Waals surface area contributed by atoms with Crippen LogP contribution in [0.1, 0.15) is 24.8 Å². The maximum atomic E-state index is 6.29. The minimum absolute atomic E-state index is 0.721. The zero-order chi connectivity index (χ0) is 19.5. The summed E-state index contributed by atoms with van der Waals surface area (Å²) in [4.78, 5) is 4.74. The molecule has 0 amide bonds. The molecule has 5 nitrogen and oxygen atoms in total. The third kappa shape index (κ3) is 3.87. The second kappa shape index (κ2) is 8.51. The normalized spacial score (nSPS) is 11.2. The molecule has 1 aromatic carbocycles. The van der Waals surface area contributed by atoms with Crippen molar-refractivity contribution in [1.29, 1.82) is 0 Å². The number of hydrogen-bond acceptors (Lipinski definition) is 6. The fourth-order valence-corrected chi connectivity index (χ4v) is 5.01. The van der Waals surface area contributed by atoms with E-state index in [0.717, 1.165) is 62.3 Å². The molecule has 0 fully saturated rings. The molecule has 28 heavy (non-hydrogen) atoms. The standard InChI is InChI=1S/C20H19ClN4OS2/c1-3-9-25-18(15-8-10-26-13(15)2)23-24-20(25)28-12-14-11-27-19(22-14)16-6-4-5-7-17(16)21/h4-8,10-11H,3,9,12H2,1-2H3.